The first-order chi connectivity index (χ1) is 10.2. The van der Waals surface area contributed by atoms with Gasteiger partial charge in [0.1, 0.15) is 5.60 Å². The number of hydrogen-bond acceptors (Lipinski definition) is 5. The van der Waals surface area contributed by atoms with Gasteiger partial charge >= 0.3 is 6.09 Å². The Morgan fingerprint density at radius 1 is 1.36 bits per heavy atom. The van der Waals surface area contributed by atoms with Crippen LogP contribution in [0.2, 0.25) is 0 Å². The quantitative estimate of drug-likeness (QED) is 0.930. The number of aryl methyl sites for hydroxylation is 2. The number of likely N-dealkylation sites (tertiary alicyclic amines) is 1. The Labute approximate surface area is 132 Å². The van der Waals surface area contributed by atoms with E-state index in [0.717, 1.165) is 30.9 Å². The topological polar surface area (TPSA) is 67.4 Å². The lowest BCUT2D eigenvalue weighted by molar-refractivity contribution is 0.0289. The molecule has 1 N–H and O–H groups in total. The summed E-state index contributed by atoms with van der Waals surface area (Å²) in [5.74, 6) is 1.06. The van der Waals surface area contributed by atoms with E-state index >= 15 is 0 Å². The van der Waals surface area contributed by atoms with Gasteiger partial charge in [0.05, 0.1) is 0 Å². The molecule has 1 aromatic rings. The van der Waals surface area contributed by atoms with Gasteiger partial charge in [0.15, 0.2) is 0 Å². The molecule has 6 nitrogen and oxygen atoms in total. The second kappa shape index (κ2) is 6.50. The zero-order chi connectivity index (χ0) is 16.3. The Morgan fingerprint density at radius 2 is 2.00 bits per heavy atom. The summed E-state index contributed by atoms with van der Waals surface area (Å²) in [4.78, 5) is 22.5. The molecule has 2 heterocycles. The van der Waals surface area contributed by atoms with E-state index in [1.54, 1.807) is 4.90 Å². The number of nitrogens with one attached hydrogen (secondary N) is 1. The van der Waals surface area contributed by atoms with Gasteiger partial charge in [0.25, 0.3) is 0 Å². The second-order valence-electron chi connectivity index (χ2n) is 6.94. The number of anilines is 1. The average Bonchev–Trinajstić information content (AvgIpc) is 2.82. The predicted molar refractivity (Wildman–Crippen MR) is 85.9 cm³/mol. The highest BCUT2D eigenvalue weighted by Crippen LogP contribution is 2.19. The molecule has 22 heavy (non-hydrogen) atoms. The highest BCUT2D eigenvalue weighted by atomic mass is 16.6. The van der Waals surface area contributed by atoms with Crippen molar-refractivity contribution in [1.82, 2.24) is 14.9 Å². The first-order valence-corrected chi connectivity index (χ1v) is 7.77. The summed E-state index contributed by atoms with van der Waals surface area (Å²) in [7, 11) is 0. The van der Waals surface area contributed by atoms with E-state index in [2.05, 4.69) is 15.3 Å². The maximum Gasteiger partial charge on any atom is 0.410 e. The van der Waals surface area contributed by atoms with E-state index in [0.29, 0.717) is 18.4 Å². The van der Waals surface area contributed by atoms with Crippen LogP contribution >= 0.6 is 0 Å². The molecule has 1 aliphatic rings. The monoisotopic (exact) mass is 306 g/mol. The minimum Gasteiger partial charge on any atom is -0.444 e. The van der Waals surface area contributed by atoms with Crippen molar-refractivity contribution in [2.24, 2.45) is 5.92 Å². The van der Waals surface area contributed by atoms with Crippen molar-refractivity contribution in [2.45, 2.75) is 46.6 Å². The molecule has 1 atom stereocenters. The number of carbonyl (C=O) groups excluding carboxylic acids is 1. The molecular weight excluding hydrogens is 280 g/mol. The summed E-state index contributed by atoms with van der Waals surface area (Å²) in [6.07, 6.45) is 0.745. The SMILES string of the molecule is Cc1cc(C)nc(NC[C@H]2CCN(C(=O)OC(C)(C)C)C2)n1. The molecule has 0 aliphatic carbocycles. The first-order valence-electron chi connectivity index (χ1n) is 7.77. The number of amides is 1. The largest absolute Gasteiger partial charge is 0.444 e. The predicted octanol–water partition coefficient (Wildman–Crippen LogP) is 2.76. The minimum absolute atomic E-state index is 0.224. The molecule has 0 radical (unpaired) electrons. The summed E-state index contributed by atoms with van der Waals surface area (Å²) in [5, 5.41) is 3.27. The number of aromatic nitrogens is 2. The third-order valence-corrected chi connectivity index (χ3v) is 3.47. The summed E-state index contributed by atoms with van der Waals surface area (Å²) < 4.78 is 5.41. The van der Waals surface area contributed by atoms with Gasteiger partial charge in [-0.05, 0) is 53.0 Å². The van der Waals surface area contributed by atoms with Crippen LogP contribution in [0.1, 0.15) is 38.6 Å². The number of hydrogen-bond donors (Lipinski definition) is 1. The molecule has 0 bridgehead atoms. The van der Waals surface area contributed by atoms with Crippen molar-refractivity contribution in [3.05, 3.63) is 17.5 Å². The Balaban J connectivity index is 1.82. The fraction of sp³-hybridized carbons (Fsp3) is 0.688. The molecular formula is C16H26N4O2. The van der Waals surface area contributed by atoms with Gasteiger partial charge in [-0.3, -0.25) is 0 Å². The lowest BCUT2D eigenvalue weighted by Gasteiger charge is -2.24. The van der Waals surface area contributed by atoms with E-state index in [-0.39, 0.29) is 6.09 Å². The van der Waals surface area contributed by atoms with Crippen molar-refractivity contribution < 1.29 is 9.53 Å². The van der Waals surface area contributed by atoms with Crippen LogP contribution in [0.25, 0.3) is 0 Å². The van der Waals surface area contributed by atoms with Gasteiger partial charge in [0.2, 0.25) is 5.95 Å². The van der Waals surface area contributed by atoms with Crippen LogP contribution in [0, 0.1) is 19.8 Å². The summed E-state index contributed by atoms with van der Waals surface area (Å²) in [6, 6.07) is 1.95. The van der Waals surface area contributed by atoms with Gasteiger partial charge in [-0.2, -0.15) is 0 Å². The van der Waals surface area contributed by atoms with E-state index in [9.17, 15) is 4.79 Å². The van der Waals surface area contributed by atoms with Crippen LogP contribution in [0.5, 0.6) is 0 Å². The molecule has 122 valence electrons. The zero-order valence-electron chi connectivity index (χ0n) is 14.1. The smallest absolute Gasteiger partial charge is 0.410 e. The Bertz CT molecular complexity index is 519. The fourth-order valence-corrected chi connectivity index (χ4v) is 2.53. The number of ether oxygens (including phenoxy) is 1. The van der Waals surface area contributed by atoms with Crippen LogP contribution in [-0.4, -0.2) is 46.2 Å². The van der Waals surface area contributed by atoms with Crippen molar-refractivity contribution in [1.29, 1.82) is 0 Å². The molecule has 0 aromatic carbocycles. The van der Waals surface area contributed by atoms with Gasteiger partial charge in [-0.25, -0.2) is 14.8 Å². The molecule has 1 aromatic heterocycles. The Kier molecular flexibility index (Phi) is 4.88. The highest BCUT2D eigenvalue weighted by Gasteiger charge is 2.29. The molecule has 0 unspecified atom stereocenters. The molecule has 2 rings (SSSR count). The van der Waals surface area contributed by atoms with Crippen molar-refractivity contribution in [3.63, 3.8) is 0 Å². The summed E-state index contributed by atoms with van der Waals surface area (Å²) in [6.45, 7) is 11.8. The Hall–Kier alpha value is -1.85. The third kappa shape index (κ3) is 4.86. The maximum atomic E-state index is 12.0. The van der Waals surface area contributed by atoms with Crippen molar-refractivity contribution >= 4 is 12.0 Å². The van der Waals surface area contributed by atoms with E-state index in [1.165, 1.54) is 0 Å². The van der Waals surface area contributed by atoms with Crippen molar-refractivity contribution in [3.8, 4) is 0 Å². The van der Waals surface area contributed by atoms with Gasteiger partial charge in [-0.1, -0.05) is 0 Å². The molecule has 1 amide bonds. The van der Waals surface area contributed by atoms with Crippen LogP contribution in [-0.2, 0) is 4.74 Å². The zero-order valence-corrected chi connectivity index (χ0v) is 14.1. The lowest BCUT2D eigenvalue weighted by Crippen LogP contribution is -2.35. The maximum absolute atomic E-state index is 12.0. The molecule has 1 saturated heterocycles. The molecule has 0 spiro atoms. The Morgan fingerprint density at radius 3 is 2.59 bits per heavy atom. The van der Waals surface area contributed by atoms with Gasteiger partial charge < -0.3 is 15.0 Å². The van der Waals surface area contributed by atoms with E-state index < -0.39 is 5.60 Å². The normalized spacial score (nSPS) is 18.4. The summed E-state index contributed by atoms with van der Waals surface area (Å²) >= 11 is 0. The van der Waals surface area contributed by atoms with Crippen molar-refractivity contribution in [2.75, 3.05) is 25.0 Å². The molecule has 1 fully saturated rings. The lowest BCUT2D eigenvalue weighted by atomic mass is 10.1. The number of carbonyl (C=O) groups is 1. The highest BCUT2D eigenvalue weighted by molar-refractivity contribution is 5.68. The summed E-state index contributed by atoms with van der Waals surface area (Å²) in [5.41, 5.74) is 1.47. The average molecular weight is 306 g/mol. The second-order valence-corrected chi connectivity index (χ2v) is 6.94. The van der Waals surface area contributed by atoms with Crippen LogP contribution in [0.3, 0.4) is 0 Å². The van der Waals surface area contributed by atoms with Gasteiger partial charge in [-0.15, -0.1) is 0 Å². The van der Waals surface area contributed by atoms with Crippen LogP contribution < -0.4 is 5.32 Å². The van der Waals surface area contributed by atoms with Crippen LogP contribution in [0.15, 0.2) is 6.07 Å². The van der Waals surface area contributed by atoms with Gasteiger partial charge in [0, 0.05) is 31.0 Å². The van der Waals surface area contributed by atoms with E-state index in [4.69, 9.17) is 4.74 Å². The molecule has 1 aliphatic heterocycles. The molecule has 0 saturated carbocycles. The number of nitrogens with zero attached hydrogens (tertiary/aromatic N) is 3. The van der Waals surface area contributed by atoms with Crippen LogP contribution in [0.4, 0.5) is 10.7 Å². The fourth-order valence-electron chi connectivity index (χ4n) is 2.53. The first kappa shape index (κ1) is 16.5. The minimum atomic E-state index is -0.444. The third-order valence-electron chi connectivity index (χ3n) is 3.47. The number of rotatable bonds is 3. The van der Waals surface area contributed by atoms with E-state index in [1.807, 2.05) is 40.7 Å². The molecule has 6 heteroatoms. The standard InChI is InChI=1S/C16H26N4O2/c1-11-8-12(2)19-14(18-11)17-9-13-6-7-20(10-13)15(21)22-16(3,4)5/h8,13H,6-7,9-10H2,1-5H3,(H,17,18,19)/t13-/m1/s1.